The van der Waals surface area contributed by atoms with Crippen LogP contribution in [0.4, 0.5) is 10.5 Å². The molecule has 1 rings (SSSR count). The van der Waals surface area contributed by atoms with E-state index in [4.69, 9.17) is 9.47 Å². The van der Waals surface area contributed by atoms with Crippen LogP contribution in [0.15, 0.2) is 23.1 Å². The highest BCUT2D eigenvalue weighted by atomic mass is 32.2. The highest BCUT2D eigenvalue weighted by Gasteiger charge is 2.29. The molecule has 1 N–H and O–H groups in total. The number of methoxy groups -OCH3 is 1. The van der Waals surface area contributed by atoms with Crippen LogP contribution in [0.5, 0.6) is 0 Å². The maximum absolute atomic E-state index is 12.8. The van der Waals surface area contributed by atoms with Gasteiger partial charge in [0.05, 0.1) is 29.3 Å². The summed E-state index contributed by atoms with van der Waals surface area (Å²) in [5.41, 5.74) is -1.08. The highest BCUT2D eigenvalue weighted by Crippen LogP contribution is 2.27. The quantitative estimate of drug-likeness (QED) is 0.641. The summed E-state index contributed by atoms with van der Waals surface area (Å²) >= 11 is 0. The maximum atomic E-state index is 12.8. The number of carboxylic acid groups (broad SMARTS) is 1. The predicted octanol–water partition coefficient (Wildman–Crippen LogP) is 2.80. The number of ether oxygens (including phenoxy) is 2. The Bertz CT molecular complexity index is 827. The van der Waals surface area contributed by atoms with E-state index in [1.165, 1.54) is 23.5 Å². The molecule has 0 bridgehead atoms. The second-order valence-electron chi connectivity index (χ2n) is 7.20. The first-order valence-corrected chi connectivity index (χ1v) is 10.7. The van der Waals surface area contributed by atoms with Gasteiger partial charge in [0.1, 0.15) is 5.60 Å². The first-order valence-electron chi connectivity index (χ1n) is 9.26. The molecular weight excluding hydrogens is 400 g/mol. The standard InChI is InChI=1S/C19H30N2O7S/c1-7-20(8-2)29(25,26)14-9-10-16(15(13-14)17(22)23)21(11-12-27-6)18(24)28-19(3,4)5/h9-10,13H,7-8,11-12H2,1-6H3,(H,22,23). The number of anilines is 1. The van der Waals surface area contributed by atoms with Crippen molar-refractivity contribution in [1.82, 2.24) is 4.31 Å². The summed E-state index contributed by atoms with van der Waals surface area (Å²) in [6, 6.07) is 3.66. The fourth-order valence-electron chi connectivity index (χ4n) is 2.60. The largest absolute Gasteiger partial charge is 0.478 e. The zero-order valence-corrected chi connectivity index (χ0v) is 18.6. The summed E-state index contributed by atoms with van der Waals surface area (Å²) in [5.74, 6) is -1.36. The van der Waals surface area contributed by atoms with Gasteiger partial charge in [-0.2, -0.15) is 4.31 Å². The van der Waals surface area contributed by atoms with Crippen LogP contribution in [-0.2, 0) is 19.5 Å². The van der Waals surface area contributed by atoms with E-state index in [1.54, 1.807) is 34.6 Å². The van der Waals surface area contributed by atoms with Gasteiger partial charge in [-0.25, -0.2) is 18.0 Å². The van der Waals surface area contributed by atoms with Crippen LogP contribution < -0.4 is 4.90 Å². The Labute approximate surface area is 172 Å². The minimum Gasteiger partial charge on any atom is -0.478 e. The van der Waals surface area contributed by atoms with E-state index in [1.807, 2.05) is 0 Å². The monoisotopic (exact) mass is 430 g/mol. The molecule has 0 spiro atoms. The van der Waals surface area contributed by atoms with Gasteiger partial charge in [0.15, 0.2) is 0 Å². The van der Waals surface area contributed by atoms with Gasteiger partial charge in [-0.15, -0.1) is 0 Å². The van der Waals surface area contributed by atoms with Crippen molar-refractivity contribution >= 4 is 27.8 Å². The lowest BCUT2D eigenvalue weighted by atomic mass is 10.1. The van der Waals surface area contributed by atoms with Crippen molar-refractivity contribution in [2.45, 2.75) is 45.1 Å². The number of amides is 1. The first-order chi connectivity index (χ1) is 13.4. The minimum absolute atomic E-state index is 0.0299. The van der Waals surface area contributed by atoms with E-state index in [-0.39, 0.29) is 42.4 Å². The minimum atomic E-state index is -3.86. The smallest absolute Gasteiger partial charge is 0.414 e. The van der Waals surface area contributed by atoms with Crippen molar-refractivity contribution in [3.05, 3.63) is 23.8 Å². The summed E-state index contributed by atoms with van der Waals surface area (Å²) < 4.78 is 37.1. The van der Waals surface area contributed by atoms with Gasteiger partial charge in [0.25, 0.3) is 0 Å². The average Bonchev–Trinajstić information content (AvgIpc) is 2.61. The molecule has 0 saturated carbocycles. The highest BCUT2D eigenvalue weighted by molar-refractivity contribution is 7.89. The average molecular weight is 431 g/mol. The number of hydrogen-bond donors (Lipinski definition) is 1. The van der Waals surface area contributed by atoms with Crippen molar-refractivity contribution < 1.29 is 32.6 Å². The fourth-order valence-corrected chi connectivity index (χ4v) is 4.09. The molecule has 0 aliphatic heterocycles. The molecule has 0 fully saturated rings. The molecule has 0 aliphatic rings. The molecule has 0 unspecified atom stereocenters. The van der Waals surface area contributed by atoms with Crippen molar-refractivity contribution in [2.75, 3.05) is 38.3 Å². The van der Waals surface area contributed by atoms with E-state index in [0.29, 0.717) is 0 Å². The number of hydrogen-bond acceptors (Lipinski definition) is 6. The van der Waals surface area contributed by atoms with Crippen LogP contribution in [-0.4, -0.2) is 68.8 Å². The summed E-state index contributed by atoms with van der Waals surface area (Å²) in [4.78, 5) is 25.5. The lowest BCUT2D eigenvalue weighted by Gasteiger charge is -2.28. The lowest BCUT2D eigenvalue weighted by molar-refractivity contribution is 0.0569. The second-order valence-corrected chi connectivity index (χ2v) is 9.14. The molecule has 0 atom stereocenters. The molecule has 164 valence electrons. The molecule has 0 radical (unpaired) electrons. The topological polar surface area (TPSA) is 113 Å². The number of aromatic carboxylic acids is 1. The fraction of sp³-hybridized carbons (Fsp3) is 0.579. The van der Waals surface area contributed by atoms with Crippen molar-refractivity contribution in [1.29, 1.82) is 0 Å². The van der Waals surface area contributed by atoms with E-state index < -0.39 is 27.7 Å². The van der Waals surface area contributed by atoms with Gasteiger partial charge in [-0.3, -0.25) is 4.90 Å². The van der Waals surface area contributed by atoms with Crippen molar-refractivity contribution in [2.24, 2.45) is 0 Å². The van der Waals surface area contributed by atoms with E-state index in [0.717, 1.165) is 11.0 Å². The maximum Gasteiger partial charge on any atom is 0.414 e. The second kappa shape index (κ2) is 10.0. The molecule has 29 heavy (non-hydrogen) atoms. The first kappa shape index (κ1) is 24.9. The summed E-state index contributed by atoms with van der Waals surface area (Å²) in [6.45, 7) is 9.14. The molecule has 0 aliphatic carbocycles. The normalized spacial score (nSPS) is 12.1. The van der Waals surface area contributed by atoms with Gasteiger partial charge in [-0.05, 0) is 39.0 Å². The van der Waals surface area contributed by atoms with E-state index >= 15 is 0 Å². The van der Waals surface area contributed by atoms with Gasteiger partial charge >= 0.3 is 12.1 Å². The molecule has 1 amide bonds. The van der Waals surface area contributed by atoms with Crippen LogP contribution >= 0.6 is 0 Å². The Kier molecular flexibility index (Phi) is 8.61. The molecular formula is C19H30N2O7S. The van der Waals surface area contributed by atoms with E-state index in [9.17, 15) is 23.1 Å². The predicted molar refractivity (Wildman–Crippen MR) is 109 cm³/mol. The van der Waals surface area contributed by atoms with Gasteiger partial charge < -0.3 is 14.6 Å². The summed E-state index contributed by atoms with van der Waals surface area (Å²) in [6.07, 6.45) is -0.753. The number of benzene rings is 1. The van der Waals surface area contributed by atoms with Crippen molar-refractivity contribution in [3.63, 3.8) is 0 Å². The number of sulfonamides is 1. The Morgan fingerprint density at radius 3 is 2.17 bits per heavy atom. The van der Waals surface area contributed by atoms with Gasteiger partial charge in [0, 0.05) is 20.2 Å². The number of carboxylic acids is 1. The van der Waals surface area contributed by atoms with Crippen LogP contribution in [0.1, 0.15) is 45.0 Å². The Morgan fingerprint density at radius 1 is 1.14 bits per heavy atom. The zero-order valence-electron chi connectivity index (χ0n) is 17.8. The van der Waals surface area contributed by atoms with E-state index in [2.05, 4.69) is 0 Å². The summed E-state index contributed by atoms with van der Waals surface area (Å²) in [7, 11) is -2.41. The number of carbonyl (C=O) groups is 2. The summed E-state index contributed by atoms with van der Waals surface area (Å²) in [5, 5.41) is 9.68. The Hall–Kier alpha value is -2.17. The third-order valence-electron chi connectivity index (χ3n) is 3.97. The molecule has 1 aromatic rings. The lowest BCUT2D eigenvalue weighted by Crippen LogP contribution is -2.39. The number of carbonyl (C=O) groups excluding carboxylic acids is 1. The molecule has 0 aromatic heterocycles. The van der Waals surface area contributed by atoms with Gasteiger partial charge in [0.2, 0.25) is 10.0 Å². The SMILES string of the molecule is CCN(CC)S(=O)(=O)c1ccc(N(CCOC)C(=O)OC(C)(C)C)c(C(=O)O)c1. The molecule has 1 aromatic carbocycles. The number of nitrogens with zero attached hydrogens (tertiary/aromatic N) is 2. The molecule has 9 nitrogen and oxygen atoms in total. The van der Waals surface area contributed by atoms with Crippen LogP contribution in [0.3, 0.4) is 0 Å². The van der Waals surface area contributed by atoms with Crippen molar-refractivity contribution in [3.8, 4) is 0 Å². The van der Waals surface area contributed by atoms with Crippen LogP contribution in [0.2, 0.25) is 0 Å². The van der Waals surface area contributed by atoms with Crippen LogP contribution in [0, 0.1) is 0 Å². The molecule has 10 heteroatoms. The van der Waals surface area contributed by atoms with Crippen LogP contribution in [0.25, 0.3) is 0 Å². The molecule has 0 saturated heterocycles. The zero-order chi connectivity index (χ0) is 22.4. The van der Waals surface area contributed by atoms with Gasteiger partial charge in [-0.1, -0.05) is 13.8 Å². The third kappa shape index (κ3) is 6.41. The molecule has 0 heterocycles. The third-order valence-corrected chi connectivity index (χ3v) is 6.01. The number of rotatable bonds is 9. The Morgan fingerprint density at radius 2 is 1.72 bits per heavy atom. The Balaban J connectivity index is 3.51.